The number of nitrogens with zero attached hydrogens (tertiary/aromatic N) is 4. The summed E-state index contributed by atoms with van der Waals surface area (Å²) in [6, 6.07) is 4.30. The highest BCUT2D eigenvalue weighted by molar-refractivity contribution is 5.67. The number of hydrogen-bond donors (Lipinski definition) is 1. The van der Waals surface area contributed by atoms with Crippen LogP contribution in [-0.4, -0.2) is 20.2 Å². The molecule has 1 aromatic carbocycles. The lowest BCUT2D eigenvalue weighted by atomic mass is 10.0. The standard InChI is InChI=1S/C13H19N5/c1-5-10(4)18-13(15-16-17-18)11-7-12(14)9(3)6-8(11)2/h6-7,10H,5,14H2,1-4H3. The Morgan fingerprint density at radius 2 is 2.00 bits per heavy atom. The summed E-state index contributed by atoms with van der Waals surface area (Å²) in [7, 11) is 0. The number of benzene rings is 1. The molecule has 0 bridgehead atoms. The number of nitrogen functional groups attached to an aromatic ring is 1. The molecule has 0 saturated heterocycles. The highest BCUT2D eigenvalue weighted by Gasteiger charge is 2.15. The maximum Gasteiger partial charge on any atom is 0.182 e. The van der Waals surface area contributed by atoms with E-state index < -0.39 is 0 Å². The Hall–Kier alpha value is -1.91. The highest BCUT2D eigenvalue weighted by atomic mass is 15.5. The van der Waals surface area contributed by atoms with Gasteiger partial charge in [0.2, 0.25) is 0 Å². The van der Waals surface area contributed by atoms with Gasteiger partial charge in [0.1, 0.15) is 0 Å². The summed E-state index contributed by atoms with van der Waals surface area (Å²) in [5, 5.41) is 12.0. The number of rotatable bonds is 3. The van der Waals surface area contributed by atoms with Crippen LogP contribution in [-0.2, 0) is 0 Å². The van der Waals surface area contributed by atoms with E-state index in [-0.39, 0.29) is 6.04 Å². The van der Waals surface area contributed by atoms with Crippen molar-refractivity contribution in [3.05, 3.63) is 23.3 Å². The molecule has 0 radical (unpaired) electrons. The van der Waals surface area contributed by atoms with Crippen molar-refractivity contribution in [3.8, 4) is 11.4 Å². The number of aryl methyl sites for hydroxylation is 2. The van der Waals surface area contributed by atoms with Gasteiger partial charge in [-0.15, -0.1) is 5.10 Å². The van der Waals surface area contributed by atoms with E-state index >= 15 is 0 Å². The molecule has 0 saturated carbocycles. The number of hydrogen-bond acceptors (Lipinski definition) is 4. The van der Waals surface area contributed by atoms with Crippen LogP contribution in [0.4, 0.5) is 5.69 Å². The molecule has 0 spiro atoms. The molecule has 2 rings (SSSR count). The molecule has 1 unspecified atom stereocenters. The van der Waals surface area contributed by atoms with Crippen molar-refractivity contribution in [2.45, 2.75) is 40.2 Å². The first kappa shape index (κ1) is 12.5. The van der Waals surface area contributed by atoms with Gasteiger partial charge in [-0.1, -0.05) is 13.0 Å². The number of anilines is 1. The first-order chi connectivity index (χ1) is 8.54. The van der Waals surface area contributed by atoms with Crippen LogP contribution in [0.1, 0.15) is 37.4 Å². The molecule has 1 heterocycles. The molecule has 0 amide bonds. The summed E-state index contributed by atoms with van der Waals surface area (Å²) < 4.78 is 1.86. The van der Waals surface area contributed by atoms with Crippen molar-refractivity contribution in [1.82, 2.24) is 20.2 Å². The smallest absolute Gasteiger partial charge is 0.182 e. The maximum atomic E-state index is 5.98. The van der Waals surface area contributed by atoms with Crippen LogP contribution in [0.25, 0.3) is 11.4 Å². The first-order valence-electron chi connectivity index (χ1n) is 6.19. The molecule has 1 aromatic heterocycles. The molecule has 0 fully saturated rings. The third kappa shape index (κ3) is 2.08. The minimum Gasteiger partial charge on any atom is -0.398 e. The fourth-order valence-corrected chi connectivity index (χ4v) is 1.95. The zero-order valence-corrected chi connectivity index (χ0v) is 11.3. The molecular formula is C13H19N5. The van der Waals surface area contributed by atoms with Gasteiger partial charge in [-0.3, -0.25) is 0 Å². The third-order valence-electron chi connectivity index (χ3n) is 3.36. The largest absolute Gasteiger partial charge is 0.398 e. The van der Waals surface area contributed by atoms with Crippen molar-refractivity contribution in [2.24, 2.45) is 0 Å². The summed E-state index contributed by atoms with van der Waals surface area (Å²) in [6.07, 6.45) is 0.985. The zero-order chi connectivity index (χ0) is 13.3. The topological polar surface area (TPSA) is 69.6 Å². The summed E-state index contributed by atoms with van der Waals surface area (Å²) in [6.45, 7) is 8.28. The van der Waals surface area contributed by atoms with Gasteiger partial charge >= 0.3 is 0 Å². The van der Waals surface area contributed by atoms with Crippen molar-refractivity contribution in [3.63, 3.8) is 0 Å². The monoisotopic (exact) mass is 245 g/mol. The van der Waals surface area contributed by atoms with Gasteiger partial charge in [-0.25, -0.2) is 4.68 Å². The Morgan fingerprint density at radius 3 is 2.67 bits per heavy atom. The molecule has 0 aliphatic rings. The van der Waals surface area contributed by atoms with Crippen molar-refractivity contribution in [1.29, 1.82) is 0 Å². The molecule has 5 heteroatoms. The molecule has 0 aliphatic heterocycles. The Morgan fingerprint density at radius 1 is 1.28 bits per heavy atom. The predicted molar refractivity (Wildman–Crippen MR) is 72.1 cm³/mol. The van der Waals surface area contributed by atoms with E-state index in [9.17, 15) is 0 Å². The van der Waals surface area contributed by atoms with E-state index in [1.54, 1.807) is 0 Å². The minimum absolute atomic E-state index is 0.275. The second-order valence-electron chi connectivity index (χ2n) is 4.73. The third-order valence-corrected chi connectivity index (χ3v) is 3.36. The molecular weight excluding hydrogens is 226 g/mol. The van der Waals surface area contributed by atoms with E-state index in [1.165, 1.54) is 0 Å². The van der Waals surface area contributed by atoms with E-state index in [2.05, 4.69) is 42.4 Å². The van der Waals surface area contributed by atoms with Crippen LogP contribution in [0, 0.1) is 13.8 Å². The van der Waals surface area contributed by atoms with Gasteiger partial charge in [0.25, 0.3) is 0 Å². The Balaban J connectivity index is 2.56. The molecule has 0 aliphatic carbocycles. The van der Waals surface area contributed by atoms with E-state index in [0.717, 1.165) is 34.6 Å². The number of aromatic nitrogens is 4. The van der Waals surface area contributed by atoms with Crippen molar-refractivity contribution in [2.75, 3.05) is 5.73 Å². The molecule has 2 aromatic rings. The van der Waals surface area contributed by atoms with Crippen molar-refractivity contribution < 1.29 is 0 Å². The van der Waals surface area contributed by atoms with Gasteiger partial charge in [0.15, 0.2) is 5.82 Å². The quantitative estimate of drug-likeness (QED) is 0.843. The maximum absolute atomic E-state index is 5.98. The second kappa shape index (κ2) is 4.76. The fourth-order valence-electron chi connectivity index (χ4n) is 1.95. The van der Waals surface area contributed by atoms with Gasteiger partial charge < -0.3 is 5.73 Å². The lowest BCUT2D eigenvalue weighted by molar-refractivity contribution is 0.469. The van der Waals surface area contributed by atoms with E-state index in [1.807, 2.05) is 17.7 Å². The highest BCUT2D eigenvalue weighted by Crippen LogP contribution is 2.27. The predicted octanol–water partition coefficient (Wildman–Crippen LogP) is 2.51. The Kier molecular flexibility index (Phi) is 3.32. The van der Waals surface area contributed by atoms with Crippen molar-refractivity contribution >= 4 is 5.69 Å². The van der Waals surface area contributed by atoms with Crippen LogP contribution >= 0.6 is 0 Å². The summed E-state index contributed by atoms with van der Waals surface area (Å²) in [4.78, 5) is 0. The molecule has 1 atom stereocenters. The fraction of sp³-hybridized carbons (Fsp3) is 0.462. The van der Waals surface area contributed by atoms with Gasteiger partial charge in [-0.05, 0) is 54.8 Å². The van der Waals surface area contributed by atoms with Gasteiger partial charge in [-0.2, -0.15) is 0 Å². The van der Waals surface area contributed by atoms with Crippen LogP contribution in [0.3, 0.4) is 0 Å². The second-order valence-corrected chi connectivity index (χ2v) is 4.73. The Labute approximate surface area is 107 Å². The molecule has 18 heavy (non-hydrogen) atoms. The summed E-state index contributed by atoms with van der Waals surface area (Å²) in [5.74, 6) is 0.786. The first-order valence-corrected chi connectivity index (χ1v) is 6.19. The number of tetrazole rings is 1. The van der Waals surface area contributed by atoms with Crippen LogP contribution < -0.4 is 5.73 Å². The molecule has 96 valence electrons. The van der Waals surface area contributed by atoms with Gasteiger partial charge in [0, 0.05) is 11.3 Å². The lowest BCUT2D eigenvalue weighted by Crippen LogP contribution is -2.08. The zero-order valence-electron chi connectivity index (χ0n) is 11.3. The van der Waals surface area contributed by atoms with E-state index in [0.29, 0.717) is 0 Å². The Bertz CT molecular complexity index is 559. The van der Waals surface area contributed by atoms with Crippen LogP contribution in [0.5, 0.6) is 0 Å². The average molecular weight is 245 g/mol. The minimum atomic E-state index is 0.275. The average Bonchev–Trinajstić information content (AvgIpc) is 2.81. The summed E-state index contributed by atoms with van der Waals surface area (Å²) >= 11 is 0. The SMILES string of the molecule is CCC(C)n1nnnc1-c1cc(N)c(C)cc1C. The van der Waals surface area contributed by atoms with Crippen LogP contribution in [0.2, 0.25) is 0 Å². The summed E-state index contributed by atoms with van der Waals surface area (Å²) in [5.41, 5.74) is 9.97. The number of nitrogens with two attached hydrogens (primary N) is 1. The van der Waals surface area contributed by atoms with Gasteiger partial charge in [0.05, 0.1) is 6.04 Å². The van der Waals surface area contributed by atoms with E-state index in [4.69, 9.17) is 5.73 Å². The molecule has 5 nitrogen and oxygen atoms in total. The lowest BCUT2D eigenvalue weighted by Gasteiger charge is -2.13. The molecule has 2 N–H and O–H groups in total. The normalized spacial score (nSPS) is 12.7. The van der Waals surface area contributed by atoms with Crippen LogP contribution in [0.15, 0.2) is 12.1 Å².